The van der Waals surface area contributed by atoms with Crippen molar-refractivity contribution in [3.8, 4) is 0 Å². The number of aromatic amines is 1. The molecule has 10 nitrogen and oxygen atoms in total. The lowest BCUT2D eigenvalue weighted by Gasteiger charge is -2.30. The highest BCUT2D eigenvalue weighted by Gasteiger charge is 2.50. The molecule has 0 spiro atoms. The summed E-state index contributed by atoms with van der Waals surface area (Å²) < 4.78 is 1.20. The van der Waals surface area contributed by atoms with Gasteiger partial charge in [0.2, 0.25) is 17.7 Å². The van der Waals surface area contributed by atoms with Crippen LogP contribution >= 0.6 is 0 Å². The summed E-state index contributed by atoms with van der Waals surface area (Å²) in [5.41, 5.74) is 5.48. The number of likely N-dealkylation sites (tertiary alicyclic amines) is 1. The molecule has 0 saturated carbocycles. The zero-order valence-electron chi connectivity index (χ0n) is 20.5. The molecule has 1 aromatic heterocycles. The second-order valence-corrected chi connectivity index (χ2v) is 9.29. The maximum atomic E-state index is 13.8. The highest BCUT2D eigenvalue weighted by Crippen LogP contribution is 2.36. The highest BCUT2D eigenvalue weighted by atomic mass is 16.2. The fourth-order valence-corrected chi connectivity index (χ4v) is 4.95. The number of hydrogen-bond acceptors (Lipinski definition) is 6. The minimum atomic E-state index is -1.12. The van der Waals surface area contributed by atoms with Crippen LogP contribution in [0.1, 0.15) is 45.1 Å². The summed E-state index contributed by atoms with van der Waals surface area (Å²) in [5.74, 6) is -2.44. The Morgan fingerprint density at radius 1 is 1.08 bits per heavy atom. The lowest BCUT2D eigenvalue weighted by molar-refractivity contribution is -0.146. The van der Waals surface area contributed by atoms with Gasteiger partial charge in [0.25, 0.3) is 5.56 Å². The largest absolute Gasteiger partial charge is 0.383 e. The molecule has 1 fully saturated rings. The monoisotopic (exact) mass is 493 g/mol. The first-order chi connectivity index (χ1) is 17.3. The van der Waals surface area contributed by atoms with Crippen molar-refractivity contribution < 1.29 is 14.4 Å². The van der Waals surface area contributed by atoms with Gasteiger partial charge in [-0.25, -0.2) is 4.79 Å². The molecule has 0 bridgehead atoms. The molecule has 4 rings (SSSR count). The summed E-state index contributed by atoms with van der Waals surface area (Å²) in [6, 6.07) is 7.99. The molecule has 0 radical (unpaired) electrons. The number of allylic oxidation sites excluding steroid dienone is 2. The number of amides is 3. The van der Waals surface area contributed by atoms with Crippen LogP contribution in [-0.4, -0.2) is 44.8 Å². The van der Waals surface area contributed by atoms with Crippen LogP contribution in [0, 0.1) is 11.8 Å². The molecule has 3 N–H and O–H groups in total. The molecule has 3 amide bonds. The zero-order valence-corrected chi connectivity index (χ0v) is 20.5. The lowest BCUT2D eigenvalue weighted by Crippen LogP contribution is -2.52. The molecule has 0 unspecified atom stereocenters. The molecule has 2 heterocycles. The third-order valence-corrected chi connectivity index (χ3v) is 6.96. The molecule has 1 aliphatic carbocycles. The third kappa shape index (κ3) is 4.50. The number of anilines is 2. The summed E-state index contributed by atoms with van der Waals surface area (Å²) in [7, 11) is 0. The highest BCUT2D eigenvalue weighted by molar-refractivity contribution is 6.10. The van der Waals surface area contributed by atoms with Crippen LogP contribution in [0.5, 0.6) is 0 Å². The Morgan fingerprint density at radius 3 is 2.28 bits per heavy atom. The Morgan fingerprint density at radius 2 is 1.69 bits per heavy atom. The van der Waals surface area contributed by atoms with Crippen molar-refractivity contribution in [2.75, 3.05) is 17.2 Å². The molecule has 3 atom stereocenters. The maximum Gasteiger partial charge on any atom is 0.330 e. The van der Waals surface area contributed by atoms with Gasteiger partial charge in [0, 0.05) is 6.54 Å². The van der Waals surface area contributed by atoms with Crippen molar-refractivity contribution in [1.29, 1.82) is 0 Å². The number of fused-ring (bicyclic) bond motifs is 1. The van der Waals surface area contributed by atoms with Crippen LogP contribution in [0.2, 0.25) is 0 Å². The predicted octanol–water partition coefficient (Wildman–Crippen LogP) is 1.64. The quantitative estimate of drug-likeness (QED) is 0.423. The van der Waals surface area contributed by atoms with Gasteiger partial charge in [-0.2, -0.15) is 0 Å². The van der Waals surface area contributed by atoms with Crippen molar-refractivity contribution in [2.45, 2.75) is 52.1 Å². The van der Waals surface area contributed by atoms with E-state index in [9.17, 15) is 24.0 Å². The van der Waals surface area contributed by atoms with E-state index in [1.54, 1.807) is 0 Å². The van der Waals surface area contributed by atoms with Gasteiger partial charge in [0.1, 0.15) is 11.9 Å². The number of nitrogens with one attached hydrogen (secondary N) is 1. The number of imide groups is 1. The number of rotatable bonds is 8. The van der Waals surface area contributed by atoms with E-state index in [0.29, 0.717) is 19.3 Å². The Hall–Kier alpha value is -3.95. The van der Waals surface area contributed by atoms with Crippen LogP contribution in [0.3, 0.4) is 0 Å². The molecular weight excluding hydrogens is 462 g/mol. The van der Waals surface area contributed by atoms with Gasteiger partial charge >= 0.3 is 5.69 Å². The Bertz CT molecular complexity index is 1290. The molecule has 1 saturated heterocycles. The average Bonchev–Trinajstić information content (AvgIpc) is 3.13. The van der Waals surface area contributed by atoms with Crippen molar-refractivity contribution in [3.05, 3.63) is 68.9 Å². The maximum absolute atomic E-state index is 13.8. The Balaban J connectivity index is 1.71. The van der Waals surface area contributed by atoms with Gasteiger partial charge in [0.15, 0.2) is 5.69 Å². The van der Waals surface area contributed by atoms with Crippen LogP contribution in [0.15, 0.2) is 52.1 Å². The Labute approximate surface area is 208 Å². The lowest BCUT2D eigenvalue weighted by atomic mass is 9.85. The van der Waals surface area contributed by atoms with Crippen molar-refractivity contribution in [2.24, 2.45) is 11.8 Å². The summed E-state index contributed by atoms with van der Waals surface area (Å²) >= 11 is 0. The number of nitrogen functional groups attached to an aromatic ring is 1. The molecule has 1 aliphatic heterocycles. The number of carbonyl (C=O) groups excluding carboxylic acids is 3. The number of benzene rings is 1. The first kappa shape index (κ1) is 25.2. The zero-order chi connectivity index (χ0) is 26.0. The van der Waals surface area contributed by atoms with Crippen molar-refractivity contribution in [3.63, 3.8) is 0 Å². The van der Waals surface area contributed by atoms with Crippen LogP contribution in [0.4, 0.5) is 11.5 Å². The molecule has 2 aromatic rings. The Kier molecular flexibility index (Phi) is 7.23. The summed E-state index contributed by atoms with van der Waals surface area (Å²) in [5, 5.41) is 0. The first-order valence-corrected chi connectivity index (χ1v) is 12.3. The van der Waals surface area contributed by atoms with E-state index in [0.717, 1.165) is 16.9 Å². The summed E-state index contributed by atoms with van der Waals surface area (Å²) in [6.07, 6.45) is 5.95. The van der Waals surface area contributed by atoms with Crippen molar-refractivity contribution >= 4 is 29.2 Å². The SMILES string of the molecule is CCCCN(C(=O)[C@@H](C)N1C(=O)[C@H]2CC=CC[C@H]2C1=O)c1c(N)n(Cc2ccccc2)c(=O)[nH]c1=O. The van der Waals surface area contributed by atoms with E-state index in [1.165, 1.54) is 16.4 Å². The number of nitrogens with two attached hydrogens (primary N) is 1. The van der Waals surface area contributed by atoms with Gasteiger partial charge in [-0.15, -0.1) is 0 Å². The fraction of sp³-hybridized carbons (Fsp3) is 0.423. The number of aromatic nitrogens is 2. The standard InChI is InChI=1S/C26H31N5O5/c1-3-4-14-29(23(33)16(2)31-24(34)18-12-8-9-13-19(18)25(31)35)20-21(27)30(26(36)28-22(20)32)15-17-10-6-5-7-11-17/h5-11,16,18-19H,3-4,12-15,27H2,1-2H3,(H,28,32,36)/t16-,18-,19+/m1/s1. The van der Waals surface area contributed by atoms with E-state index < -0.39 is 35.0 Å². The number of unbranched alkanes of at least 4 members (excludes halogenated alkanes) is 1. The van der Waals surface area contributed by atoms with E-state index in [4.69, 9.17) is 5.73 Å². The number of carbonyl (C=O) groups is 3. The van der Waals surface area contributed by atoms with Gasteiger partial charge in [-0.3, -0.25) is 33.6 Å². The van der Waals surface area contributed by atoms with Gasteiger partial charge in [-0.1, -0.05) is 55.8 Å². The van der Waals surface area contributed by atoms with E-state index in [-0.39, 0.29) is 36.4 Å². The molecule has 36 heavy (non-hydrogen) atoms. The second kappa shape index (κ2) is 10.3. The fourth-order valence-electron chi connectivity index (χ4n) is 4.95. The van der Waals surface area contributed by atoms with E-state index in [1.807, 2.05) is 49.4 Å². The average molecular weight is 494 g/mol. The van der Waals surface area contributed by atoms with Crippen molar-refractivity contribution in [1.82, 2.24) is 14.5 Å². The number of nitrogens with zero attached hydrogens (tertiary/aromatic N) is 3. The smallest absolute Gasteiger partial charge is 0.330 e. The van der Waals surface area contributed by atoms with Gasteiger partial charge in [-0.05, 0) is 31.7 Å². The molecule has 10 heteroatoms. The molecule has 190 valence electrons. The molecule has 2 aliphatic rings. The number of H-pyrrole nitrogens is 1. The molecular formula is C26H31N5O5. The minimum Gasteiger partial charge on any atom is -0.383 e. The van der Waals surface area contributed by atoms with Gasteiger partial charge < -0.3 is 10.6 Å². The van der Waals surface area contributed by atoms with E-state index in [2.05, 4.69) is 4.98 Å². The van der Waals surface area contributed by atoms with Crippen LogP contribution in [0.25, 0.3) is 0 Å². The normalized spacial score (nSPS) is 19.9. The minimum absolute atomic E-state index is 0.0973. The summed E-state index contributed by atoms with van der Waals surface area (Å²) in [4.78, 5) is 70.0. The third-order valence-electron chi connectivity index (χ3n) is 6.96. The predicted molar refractivity (Wildman–Crippen MR) is 135 cm³/mol. The van der Waals surface area contributed by atoms with Gasteiger partial charge in [0.05, 0.1) is 18.4 Å². The first-order valence-electron chi connectivity index (χ1n) is 12.3. The van der Waals surface area contributed by atoms with Crippen LogP contribution in [-0.2, 0) is 20.9 Å². The van der Waals surface area contributed by atoms with E-state index >= 15 is 0 Å². The topological polar surface area (TPSA) is 139 Å². The van der Waals surface area contributed by atoms with Crippen LogP contribution < -0.4 is 21.9 Å². The summed E-state index contributed by atoms with van der Waals surface area (Å²) in [6.45, 7) is 3.66. The molecule has 1 aromatic carbocycles. The second-order valence-electron chi connectivity index (χ2n) is 9.29. The number of hydrogen-bond donors (Lipinski definition) is 2.